The summed E-state index contributed by atoms with van der Waals surface area (Å²) in [5.74, 6) is -4.41. The largest absolute Gasteiger partial charge is 0.378 e. The van der Waals surface area contributed by atoms with Gasteiger partial charge in [-0.2, -0.15) is 8.78 Å². The van der Waals surface area contributed by atoms with Crippen molar-refractivity contribution in [2.45, 2.75) is 5.92 Å². The fourth-order valence-corrected chi connectivity index (χ4v) is 1.42. The topological polar surface area (TPSA) is 61.9 Å². The Morgan fingerprint density at radius 1 is 1.56 bits per heavy atom. The Morgan fingerprint density at radius 2 is 2.19 bits per heavy atom. The van der Waals surface area contributed by atoms with Crippen LogP contribution in [0, 0.1) is 10.8 Å². The molecule has 0 saturated carbocycles. The molecule has 88 valence electrons. The van der Waals surface area contributed by atoms with E-state index in [4.69, 9.17) is 10.8 Å². The number of hydrogen-bond acceptors (Lipinski definition) is 3. The van der Waals surface area contributed by atoms with Crippen LogP contribution in [0.3, 0.4) is 0 Å². The Morgan fingerprint density at radius 3 is 2.75 bits per heavy atom. The third kappa shape index (κ3) is 2.73. The van der Waals surface area contributed by atoms with Gasteiger partial charge in [0.15, 0.2) is 5.84 Å². The molecule has 16 heavy (non-hydrogen) atoms. The zero-order chi connectivity index (χ0) is 12.3. The van der Waals surface area contributed by atoms with Gasteiger partial charge in [0.25, 0.3) is 0 Å². The number of ether oxygens (including phenoxy) is 1. The lowest BCUT2D eigenvalue weighted by Crippen LogP contribution is -2.42. The normalized spacial score (nSPS) is 11.5. The third-order valence-corrected chi connectivity index (χ3v) is 2.29. The van der Waals surface area contributed by atoms with Crippen molar-refractivity contribution in [3.63, 3.8) is 0 Å². The lowest BCUT2D eigenvalue weighted by atomic mass is 10.3. The van der Waals surface area contributed by atoms with Crippen LogP contribution in [0.4, 0.5) is 8.78 Å². The van der Waals surface area contributed by atoms with Crippen molar-refractivity contribution >= 4 is 21.8 Å². The van der Waals surface area contributed by atoms with Crippen molar-refractivity contribution < 1.29 is 13.5 Å². The van der Waals surface area contributed by atoms with E-state index >= 15 is 0 Å². The monoisotopic (exact) mass is 293 g/mol. The Labute approximate surface area is 99.0 Å². The summed E-state index contributed by atoms with van der Waals surface area (Å²) < 4.78 is 32.3. The molecule has 1 heterocycles. The van der Waals surface area contributed by atoms with Crippen molar-refractivity contribution in [3.05, 3.63) is 28.3 Å². The lowest BCUT2D eigenvalue weighted by Gasteiger charge is -2.18. The Kier molecular flexibility index (Phi) is 3.93. The lowest BCUT2D eigenvalue weighted by molar-refractivity contribution is -0.00972. The number of pyridine rings is 1. The molecular formula is C9H10BrF2N3O. The third-order valence-electron chi connectivity index (χ3n) is 1.83. The van der Waals surface area contributed by atoms with Gasteiger partial charge in [-0.25, -0.2) is 0 Å². The van der Waals surface area contributed by atoms with E-state index < -0.39 is 18.4 Å². The van der Waals surface area contributed by atoms with Gasteiger partial charge in [-0.1, -0.05) is 0 Å². The highest BCUT2D eigenvalue weighted by Gasteiger charge is 2.36. The molecule has 0 radical (unpaired) electrons. The summed E-state index contributed by atoms with van der Waals surface area (Å²) in [5, 5.41) is 14.8. The maximum absolute atomic E-state index is 13.3. The highest BCUT2D eigenvalue weighted by molar-refractivity contribution is 9.10. The molecule has 0 amide bonds. The number of hydrogen-bond donors (Lipinski definition) is 2. The molecule has 0 atom stereocenters. The molecule has 0 spiro atoms. The number of nitrogens with one attached hydrogen (secondary N) is 2. The van der Waals surface area contributed by atoms with Crippen molar-refractivity contribution in [1.29, 1.82) is 10.8 Å². The summed E-state index contributed by atoms with van der Waals surface area (Å²) >= 11 is 3.09. The average molecular weight is 294 g/mol. The molecule has 0 unspecified atom stereocenters. The molecular weight excluding hydrogens is 284 g/mol. The summed E-state index contributed by atoms with van der Waals surface area (Å²) in [7, 11) is 1.13. The van der Waals surface area contributed by atoms with Crippen molar-refractivity contribution in [1.82, 2.24) is 4.57 Å². The smallest absolute Gasteiger partial charge is 0.327 e. The summed E-state index contributed by atoms with van der Waals surface area (Å²) in [6.45, 7) is -0.884. The fourth-order valence-electron chi connectivity index (χ4n) is 1.09. The van der Waals surface area contributed by atoms with Gasteiger partial charge in [0.05, 0.1) is 0 Å². The van der Waals surface area contributed by atoms with Crippen LogP contribution in [-0.4, -0.2) is 30.0 Å². The molecule has 0 aliphatic rings. The second-order valence-corrected chi connectivity index (χ2v) is 4.00. The predicted molar refractivity (Wildman–Crippen MR) is 57.9 cm³/mol. The van der Waals surface area contributed by atoms with Crippen LogP contribution in [0.2, 0.25) is 0 Å². The molecule has 1 aromatic heterocycles. The molecule has 0 fully saturated rings. The first kappa shape index (κ1) is 13.0. The number of nitrogens with zero attached hydrogens (tertiary/aromatic N) is 1. The summed E-state index contributed by atoms with van der Waals surface area (Å²) in [6.07, 6.45) is 1.24. The van der Waals surface area contributed by atoms with Gasteiger partial charge < -0.3 is 4.74 Å². The molecule has 1 rings (SSSR count). The maximum Gasteiger partial charge on any atom is 0.327 e. The van der Waals surface area contributed by atoms with Gasteiger partial charge in [-0.15, -0.1) is 0 Å². The highest BCUT2D eigenvalue weighted by Crippen LogP contribution is 2.16. The van der Waals surface area contributed by atoms with E-state index in [-0.39, 0.29) is 5.49 Å². The van der Waals surface area contributed by atoms with Crippen molar-refractivity contribution in [2.24, 2.45) is 0 Å². The van der Waals surface area contributed by atoms with Crippen LogP contribution in [0.25, 0.3) is 0 Å². The minimum Gasteiger partial charge on any atom is -0.378 e. The highest BCUT2D eigenvalue weighted by atomic mass is 79.9. The van der Waals surface area contributed by atoms with Crippen molar-refractivity contribution in [3.8, 4) is 0 Å². The average Bonchev–Trinajstić information content (AvgIpc) is 2.20. The number of methoxy groups -OCH3 is 1. The Balaban J connectivity index is 3.14. The van der Waals surface area contributed by atoms with E-state index in [9.17, 15) is 8.78 Å². The zero-order valence-corrected chi connectivity index (χ0v) is 10.0. The van der Waals surface area contributed by atoms with Crippen LogP contribution < -0.4 is 5.49 Å². The van der Waals surface area contributed by atoms with Crippen LogP contribution >= 0.6 is 15.9 Å². The standard InChI is InChI=1S/C9H10BrF2N3O/c1-16-5-9(11,12)8(14)15-4-6(10)2-3-7(15)13/h2-4,13-14H,5H2,1H3. The minimum absolute atomic E-state index is 0.191. The first-order valence-corrected chi connectivity index (χ1v) is 5.07. The molecule has 0 saturated heterocycles. The first-order valence-electron chi connectivity index (χ1n) is 4.27. The van der Waals surface area contributed by atoms with E-state index in [2.05, 4.69) is 20.7 Å². The van der Waals surface area contributed by atoms with Gasteiger partial charge in [-0.05, 0) is 28.1 Å². The Hall–Kier alpha value is -1.08. The molecule has 0 aliphatic carbocycles. The second kappa shape index (κ2) is 4.84. The molecule has 1 aromatic rings. The molecule has 2 N–H and O–H groups in total. The van der Waals surface area contributed by atoms with E-state index in [1.807, 2.05) is 0 Å². The molecule has 0 bridgehead atoms. The SMILES string of the molecule is COCC(F)(F)C(=N)n1cc(Br)ccc1=N. The fraction of sp³-hybridized carbons (Fsp3) is 0.333. The van der Waals surface area contributed by atoms with Crippen molar-refractivity contribution in [2.75, 3.05) is 13.7 Å². The Bertz CT molecular complexity index is 458. The van der Waals surface area contributed by atoms with Gasteiger partial charge in [0.2, 0.25) is 0 Å². The quantitative estimate of drug-likeness (QED) is 0.648. The van der Waals surface area contributed by atoms with Crippen LogP contribution in [0.1, 0.15) is 0 Å². The van der Waals surface area contributed by atoms with E-state index in [1.165, 1.54) is 12.3 Å². The van der Waals surface area contributed by atoms with E-state index in [0.29, 0.717) is 4.47 Å². The first-order chi connectivity index (χ1) is 7.38. The predicted octanol–water partition coefficient (Wildman–Crippen LogP) is 1.84. The number of rotatable bonds is 3. The number of aromatic nitrogens is 1. The summed E-state index contributed by atoms with van der Waals surface area (Å²) in [6, 6.07) is 2.86. The molecule has 0 aliphatic heterocycles. The zero-order valence-electron chi connectivity index (χ0n) is 8.43. The van der Waals surface area contributed by atoms with Crippen LogP contribution in [0.5, 0.6) is 0 Å². The van der Waals surface area contributed by atoms with Gasteiger partial charge >= 0.3 is 5.92 Å². The van der Waals surface area contributed by atoms with Crippen LogP contribution in [0.15, 0.2) is 22.8 Å². The van der Waals surface area contributed by atoms with Crippen LogP contribution in [-0.2, 0) is 4.74 Å². The van der Waals surface area contributed by atoms with E-state index in [0.717, 1.165) is 11.7 Å². The molecule has 4 nitrogen and oxygen atoms in total. The number of alkyl halides is 2. The molecule has 7 heteroatoms. The summed E-state index contributed by atoms with van der Waals surface area (Å²) in [4.78, 5) is 0. The maximum atomic E-state index is 13.3. The van der Waals surface area contributed by atoms with Gasteiger partial charge in [0.1, 0.15) is 12.1 Å². The van der Waals surface area contributed by atoms with E-state index in [1.54, 1.807) is 6.07 Å². The second-order valence-electron chi connectivity index (χ2n) is 3.09. The number of halogens is 3. The minimum atomic E-state index is -3.42. The van der Waals surface area contributed by atoms with Gasteiger partial charge in [0, 0.05) is 17.8 Å². The van der Waals surface area contributed by atoms with Gasteiger partial charge in [-0.3, -0.25) is 15.4 Å². The summed E-state index contributed by atoms with van der Waals surface area (Å²) in [5.41, 5.74) is -0.191. The molecule has 0 aromatic carbocycles.